The van der Waals surface area contributed by atoms with E-state index in [-0.39, 0.29) is 5.97 Å². The maximum atomic E-state index is 11.7. The largest absolute Gasteiger partial charge is 0.461 e. The first kappa shape index (κ1) is 16.9. The van der Waals surface area contributed by atoms with Gasteiger partial charge in [0.2, 0.25) is 0 Å². The van der Waals surface area contributed by atoms with Gasteiger partial charge < -0.3 is 15.0 Å². The predicted molar refractivity (Wildman–Crippen MR) is 83.6 cm³/mol. The van der Waals surface area contributed by atoms with Crippen LogP contribution in [0.2, 0.25) is 0 Å². The Morgan fingerprint density at radius 1 is 1.50 bits per heavy atom. The van der Waals surface area contributed by atoms with Crippen LogP contribution in [0.5, 0.6) is 0 Å². The Kier molecular flexibility index (Phi) is 7.54. The number of nitrogens with one attached hydrogen (secondary N) is 1. The summed E-state index contributed by atoms with van der Waals surface area (Å²) in [6.07, 6.45) is 2.20. The topological polar surface area (TPSA) is 54.5 Å². The Balaban J connectivity index is 2.29. The summed E-state index contributed by atoms with van der Waals surface area (Å²) < 4.78 is 4.97. The van der Waals surface area contributed by atoms with Crippen LogP contribution in [0.15, 0.2) is 5.51 Å². The Labute approximate surface area is 125 Å². The van der Waals surface area contributed by atoms with E-state index in [0.717, 1.165) is 30.9 Å². The van der Waals surface area contributed by atoms with E-state index in [1.165, 1.54) is 11.3 Å². The third-order valence-electron chi connectivity index (χ3n) is 3.14. The van der Waals surface area contributed by atoms with Crippen molar-refractivity contribution in [3.63, 3.8) is 0 Å². The number of hydrogen-bond acceptors (Lipinski definition) is 6. The Hall–Kier alpha value is -1.14. The van der Waals surface area contributed by atoms with Gasteiger partial charge in [0.15, 0.2) is 5.69 Å². The van der Waals surface area contributed by atoms with Gasteiger partial charge in [-0.1, -0.05) is 0 Å². The maximum Gasteiger partial charge on any atom is 0.360 e. The van der Waals surface area contributed by atoms with Crippen LogP contribution in [0.1, 0.15) is 44.1 Å². The molecule has 0 saturated heterocycles. The molecule has 1 N–H and O–H groups in total. The molecule has 0 amide bonds. The molecule has 0 atom stereocenters. The molecule has 0 radical (unpaired) electrons. The zero-order chi connectivity index (χ0) is 15.0. The van der Waals surface area contributed by atoms with Crippen molar-refractivity contribution in [3.8, 4) is 0 Å². The summed E-state index contributed by atoms with van der Waals surface area (Å²) in [7, 11) is 2.14. The molecule has 1 heterocycles. The molecule has 114 valence electrons. The highest BCUT2D eigenvalue weighted by Gasteiger charge is 2.15. The Morgan fingerprint density at radius 3 is 2.90 bits per heavy atom. The lowest BCUT2D eigenvalue weighted by Gasteiger charge is -2.20. The molecule has 0 aromatic carbocycles. The molecule has 0 bridgehead atoms. The lowest BCUT2D eigenvalue weighted by Crippen LogP contribution is -2.27. The van der Waals surface area contributed by atoms with Gasteiger partial charge in [-0.2, -0.15) is 0 Å². The standard InChI is InChI=1S/C14H25N3O2S/c1-5-19-14(18)12-13(20-10-16-12)15-8-6-7-9-17(4)11(2)3/h10-11,15H,5-9H2,1-4H3. The highest BCUT2D eigenvalue weighted by Crippen LogP contribution is 2.21. The fraction of sp³-hybridized carbons (Fsp3) is 0.714. The van der Waals surface area contributed by atoms with Crippen LogP contribution in [0.25, 0.3) is 0 Å². The molecule has 0 aliphatic heterocycles. The molecule has 0 aliphatic carbocycles. The number of nitrogens with zero attached hydrogens (tertiary/aromatic N) is 2. The molecule has 0 saturated carbocycles. The fourth-order valence-corrected chi connectivity index (χ4v) is 2.36. The molecular weight excluding hydrogens is 274 g/mol. The second-order valence-electron chi connectivity index (χ2n) is 4.96. The number of ether oxygens (including phenoxy) is 1. The summed E-state index contributed by atoms with van der Waals surface area (Å²) in [5, 5.41) is 4.08. The quantitative estimate of drug-likeness (QED) is 0.561. The first-order valence-electron chi connectivity index (χ1n) is 7.11. The van der Waals surface area contributed by atoms with Crippen molar-refractivity contribution in [3.05, 3.63) is 11.2 Å². The minimum atomic E-state index is -0.351. The van der Waals surface area contributed by atoms with Gasteiger partial charge in [0.1, 0.15) is 5.00 Å². The third-order valence-corrected chi connectivity index (χ3v) is 3.93. The zero-order valence-electron chi connectivity index (χ0n) is 12.8. The normalized spacial score (nSPS) is 11.1. The zero-order valence-corrected chi connectivity index (χ0v) is 13.6. The second kappa shape index (κ2) is 8.92. The van der Waals surface area contributed by atoms with Crippen molar-refractivity contribution in [2.45, 2.75) is 39.7 Å². The number of esters is 1. The van der Waals surface area contributed by atoms with Gasteiger partial charge in [-0.05, 0) is 47.2 Å². The highest BCUT2D eigenvalue weighted by atomic mass is 32.1. The van der Waals surface area contributed by atoms with E-state index in [1.54, 1.807) is 12.4 Å². The molecule has 0 unspecified atom stereocenters. The second-order valence-corrected chi connectivity index (χ2v) is 5.81. The van der Waals surface area contributed by atoms with E-state index < -0.39 is 0 Å². The van der Waals surface area contributed by atoms with Gasteiger partial charge in [0.05, 0.1) is 12.1 Å². The lowest BCUT2D eigenvalue weighted by molar-refractivity contribution is 0.0521. The molecule has 20 heavy (non-hydrogen) atoms. The average molecular weight is 299 g/mol. The summed E-state index contributed by atoms with van der Waals surface area (Å²) in [5.41, 5.74) is 2.07. The summed E-state index contributed by atoms with van der Waals surface area (Å²) in [5.74, 6) is -0.351. The van der Waals surface area contributed by atoms with Crippen molar-refractivity contribution >= 4 is 22.3 Å². The number of aromatic nitrogens is 1. The molecular formula is C14H25N3O2S. The Bertz CT molecular complexity index is 407. The summed E-state index contributed by atoms with van der Waals surface area (Å²) >= 11 is 1.44. The van der Waals surface area contributed by atoms with E-state index >= 15 is 0 Å². The van der Waals surface area contributed by atoms with Crippen LogP contribution in [0, 0.1) is 0 Å². The first-order chi connectivity index (χ1) is 9.56. The molecule has 1 aromatic heterocycles. The number of carbonyl (C=O) groups excluding carboxylic acids is 1. The van der Waals surface area contributed by atoms with Crippen LogP contribution < -0.4 is 5.32 Å². The molecule has 0 spiro atoms. The highest BCUT2D eigenvalue weighted by molar-refractivity contribution is 7.14. The van der Waals surface area contributed by atoms with Crippen molar-refractivity contribution in [1.29, 1.82) is 0 Å². The van der Waals surface area contributed by atoms with E-state index in [9.17, 15) is 4.79 Å². The molecule has 5 nitrogen and oxygen atoms in total. The molecule has 1 aromatic rings. The van der Waals surface area contributed by atoms with Crippen LogP contribution in [0.3, 0.4) is 0 Å². The molecule has 0 fully saturated rings. The number of unbranched alkanes of at least 4 members (excludes halogenated alkanes) is 1. The van der Waals surface area contributed by atoms with Crippen molar-refractivity contribution in [1.82, 2.24) is 9.88 Å². The lowest BCUT2D eigenvalue weighted by atomic mass is 10.2. The minimum Gasteiger partial charge on any atom is -0.461 e. The van der Waals surface area contributed by atoms with Crippen LogP contribution in [0.4, 0.5) is 5.00 Å². The SMILES string of the molecule is CCOC(=O)c1ncsc1NCCCCN(C)C(C)C. The van der Waals surface area contributed by atoms with E-state index in [0.29, 0.717) is 18.3 Å². The summed E-state index contributed by atoms with van der Waals surface area (Å²) in [4.78, 5) is 18.0. The van der Waals surface area contributed by atoms with Crippen molar-refractivity contribution in [2.75, 3.05) is 32.1 Å². The van der Waals surface area contributed by atoms with Gasteiger partial charge in [0, 0.05) is 12.6 Å². The predicted octanol–water partition coefficient (Wildman–Crippen LogP) is 2.85. The van der Waals surface area contributed by atoms with Gasteiger partial charge in [-0.15, -0.1) is 11.3 Å². The summed E-state index contributed by atoms with van der Waals surface area (Å²) in [6, 6.07) is 0.583. The van der Waals surface area contributed by atoms with Crippen molar-refractivity contribution < 1.29 is 9.53 Å². The van der Waals surface area contributed by atoms with E-state index in [4.69, 9.17) is 4.74 Å². The fourth-order valence-electron chi connectivity index (χ4n) is 1.66. The van der Waals surface area contributed by atoms with Gasteiger partial charge >= 0.3 is 5.97 Å². The average Bonchev–Trinajstić information content (AvgIpc) is 2.86. The Morgan fingerprint density at radius 2 is 2.25 bits per heavy atom. The molecule has 0 aliphatic rings. The number of thiazole rings is 1. The smallest absolute Gasteiger partial charge is 0.360 e. The van der Waals surface area contributed by atoms with E-state index in [2.05, 4.69) is 36.1 Å². The number of carbonyl (C=O) groups is 1. The summed E-state index contributed by atoms with van der Waals surface area (Å²) in [6.45, 7) is 8.50. The third kappa shape index (κ3) is 5.46. The van der Waals surface area contributed by atoms with Gasteiger partial charge in [-0.25, -0.2) is 9.78 Å². The van der Waals surface area contributed by atoms with Gasteiger partial charge in [0.25, 0.3) is 0 Å². The van der Waals surface area contributed by atoms with Crippen LogP contribution in [-0.2, 0) is 4.74 Å². The van der Waals surface area contributed by atoms with E-state index in [1.807, 2.05) is 0 Å². The number of anilines is 1. The first-order valence-corrected chi connectivity index (χ1v) is 7.99. The van der Waals surface area contributed by atoms with Crippen LogP contribution in [-0.4, -0.2) is 48.6 Å². The minimum absolute atomic E-state index is 0.351. The molecule has 1 rings (SSSR count). The van der Waals surface area contributed by atoms with Gasteiger partial charge in [-0.3, -0.25) is 0 Å². The monoisotopic (exact) mass is 299 g/mol. The number of rotatable bonds is 9. The molecule has 6 heteroatoms. The maximum absolute atomic E-state index is 11.7. The number of hydrogen-bond donors (Lipinski definition) is 1. The van der Waals surface area contributed by atoms with Crippen molar-refractivity contribution in [2.24, 2.45) is 0 Å². The van der Waals surface area contributed by atoms with Crippen LogP contribution >= 0.6 is 11.3 Å².